The maximum absolute atomic E-state index is 12.8. The number of carbonyl (C=O) groups is 4. The summed E-state index contributed by atoms with van der Waals surface area (Å²) < 4.78 is 4.80. The average molecular weight is 382 g/mol. The van der Waals surface area contributed by atoms with Gasteiger partial charge in [-0.25, -0.2) is 4.79 Å². The molecule has 0 heterocycles. The highest BCUT2D eigenvalue weighted by molar-refractivity contribution is 6.30. The van der Waals surface area contributed by atoms with Gasteiger partial charge in [0.25, 0.3) is 11.6 Å². The van der Waals surface area contributed by atoms with Crippen molar-refractivity contribution >= 4 is 29.1 Å². The van der Waals surface area contributed by atoms with Crippen molar-refractivity contribution in [2.75, 3.05) is 13.2 Å². The first kappa shape index (κ1) is 18.9. The Morgan fingerprint density at radius 1 is 1.04 bits per heavy atom. The van der Waals surface area contributed by atoms with Gasteiger partial charge in [0.1, 0.15) is 11.1 Å². The minimum Gasteiger partial charge on any atom is -0.452 e. The topological polar surface area (TPSA) is 133 Å². The number of ether oxygens (including phenoxy) is 1. The summed E-state index contributed by atoms with van der Waals surface area (Å²) in [5.41, 5.74) is -1.77. The molecule has 0 aromatic heterocycles. The molecule has 0 saturated heterocycles. The van der Waals surface area contributed by atoms with Crippen LogP contribution in [0.1, 0.15) is 49.1 Å². The highest BCUT2D eigenvalue weighted by Crippen LogP contribution is 2.35. The van der Waals surface area contributed by atoms with Crippen molar-refractivity contribution in [1.29, 1.82) is 0 Å². The number of nitro groups is 1. The zero-order valence-electron chi connectivity index (χ0n) is 14.7. The SMILES string of the molecule is CCNC(=O)COC(=O)c1ccc2c(c1[N+](=O)[O-])C(=O)c1ccccc1C2=O. The molecule has 0 unspecified atom stereocenters. The molecular weight excluding hydrogens is 368 g/mol. The lowest BCUT2D eigenvalue weighted by atomic mass is 9.82. The third-order valence-electron chi connectivity index (χ3n) is 4.18. The van der Waals surface area contributed by atoms with Gasteiger partial charge in [-0.15, -0.1) is 0 Å². The van der Waals surface area contributed by atoms with Gasteiger partial charge in [-0.05, 0) is 19.1 Å². The molecule has 28 heavy (non-hydrogen) atoms. The highest BCUT2D eigenvalue weighted by atomic mass is 16.6. The number of esters is 1. The molecule has 1 aliphatic carbocycles. The van der Waals surface area contributed by atoms with Crippen LogP contribution in [0.15, 0.2) is 36.4 Å². The van der Waals surface area contributed by atoms with Crippen molar-refractivity contribution < 1.29 is 28.8 Å². The van der Waals surface area contributed by atoms with Crippen molar-refractivity contribution in [3.8, 4) is 0 Å². The zero-order chi connectivity index (χ0) is 20.4. The van der Waals surface area contributed by atoms with Gasteiger partial charge in [-0.2, -0.15) is 0 Å². The molecule has 9 nitrogen and oxygen atoms in total. The summed E-state index contributed by atoms with van der Waals surface area (Å²) in [4.78, 5) is 60.0. The van der Waals surface area contributed by atoms with Crippen LogP contribution in [0, 0.1) is 10.1 Å². The smallest absolute Gasteiger partial charge is 0.345 e. The number of amides is 1. The van der Waals surface area contributed by atoms with Crippen molar-refractivity contribution in [3.05, 3.63) is 74.3 Å². The van der Waals surface area contributed by atoms with E-state index in [0.29, 0.717) is 6.54 Å². The molecule has 0 spiro atoms. The Kier molecular flexibility index (Phi) is 4.99. The Morgan fingerprint density at radius 2 is 1.68 bits per heavy atom. The number of carbonyl (C=O) groups excluding carboxylic acids is 4. The van der Waals surface area contributed by atoms with Crippen LogP contribution in [0.25, 0.3) is 0 Å². The molecule has 0 fully saturated rings. The number of nitrogens with one attached hydrogen (secondary N) is 1. The van der Waals surface area contributed by atoms with Crippen LogP contribution in [0.5, 0.6) is 0 Å². The second kappa shape index (κ2) is 7.39. The van der Waals surface area contributed by atoms with Gasteiger partial charge in [0.2, 0.25) is 5.78 Å². The van der Waals surface area contributed by atoms with E-state index in [1.807, 2.05) is 0 Å². The first-order valence-corrected chi connectivity index (χ1v) is 8.30. The second-order valence-electron chi connectivity index (χ2n) is 5.87. The number of hydrogen-bond acceptors (Lipinski definition) is 7. The standard InChI is InChI=1S/C19H14N2O7/c1-2-20-14(22)9-28-19(25)13-8-7-12-15(16(13)21(26)27)18(24)11-6-4-3-5-10(11)17(12)23/h3-8H,2,9H2,1H3,(H,20,22). The van der Waals surface area contributed by atoms with Crippen LogP contribution in [0.3, 0.4) is 0 Å². The molecule has 0 radical (unpaired) electrons. The number of nitrogens with zero attached hydrogens (tertiary/aromatic N) is 1. The summed E-state index contributed by atoms with van der Waals surface area (Å²) in [6.45, 7) is 1.37. The third kappa shape index (κ3) is 3.13. The normalized spacial score (nSPS) is 12.0. The largest absolute Gasteiger partial charge is 0.452 e. The first-order valence-electron chi connectivity index (χ1n) is 8.30. The minimum atomic E-state index is -1.14. The van der Waals surface area contributed by atoms with Gasteiger partial charge in [-0.1, -0.05) is 24.3 Å². The van der Waals surface area contributed by atoms with Crippen LogP contribution in [-0.4, -0.2) is 41.5 Å². The number of hydrogen-bond donors (Lipinski definition) is 1. The van der Waals surface area contributed by atoms with E-state index in [0.717, 1.165) is 6.07 Å². The van der Waals surface area contributed by atoms with E-state index < -0.39 is 51.8 Å². The van der Waals surface area contributed by atoms with Crippen molar-refractivity contribution in [3.63, 3.8) is 0 Å². The maximum Gasteiger partial charge on any atom is 0.345 e. The van der Waals surface area contributed by atoms with E-state index in [2.05, 4.69) is 5.32 Å². The molecule has 142 valence electrons. The zero-order valence-corrected chi connectivity index (χ0v) is 14.7. The van der Waals surface area contributed by atoms with E-state index in [1.54, 1.807) is 13.0 Å². The molecule has 0 aliphatic heterocycles. The van der Waals surface area contributed by atoms with Gasteiger partial charge in [-0.3, -0.25) is 24.5 Å². The van der Waals surface area contributed by atoms with Gasteiger partial charge in [0.15, 0.2) is 12.4 Å². The maximum atomic E-state index is 12.8. The van der Waals surface area contributed by atoms with E-state index in [1.165, 1.54) is 24.3 Å². The molecular formula is C19H14N2O7. The molecule has 0 atom stereocenters. The number of benzene rings is 2. The van der Waals surface area contributed by atoms with E-state index in [4.69, 9.17) is 4.74 Å². The fraction of sp³-hybridized carbons (Fsp3) is 0.158. The Morgan fingerprint density at radius 3 is 2.29 bits per heavy atom. The van der Waals surface area contributed by atoms with Crippen LogP contribution in [-0.2, 0) is 9.53 Å². The summed E-state index contributed by atoms with van der Waals surface area (Å²) in [7, 11) is 0. The molecule has 9 heteroatoms. The molecule has 0 saturated carbocycles. The summed E-state index contributed by atoms with van der Waals surface area (Å²) in [5, 5.41) is 14.1. The van der Waals surface area contributed by atoms with Crippen molar-refractivity contribution in [2.45, 2.75) is 6.92 Å². The Balaban J connectivity index is 2.07. The van der Waals surface area contributed by atoms with E-state index in [9.17, 15) is 29.3 Å². The predicted octanol–water partition coefficient (Wildman–Crippen LogP) is 1.66. The minimum absolute atomic E-state index is 0.0240. The molecule has 1 aliphatic rings. The lowest BCUT2D eigenvalue weighted by Crippen LogP contribution is -2.29. The van der Waals surface area contributed by atoms with Crippen LogP contribution in [0.4, 0.5) is 5.69 Å². The number of ketones is 2. The van der Waals surface area contributed by atoms with Crippen LogP contribution >= 0.6 is 0 Å². The van der Waals surface area contributed by atoms with Crippen LogP contribution in [0.2, 0.25) is 0 Å². The van der Waals surface area contributed by atoms with Crippen LogP contribution < -0.4 is 5.32 Å². The predicted molar refractivity (Wildman–Crippen MR) is 95.4 cm³/mol. The fourth-order valence-electron chi connectivity index (χ4n) is 2.98. The molecule has 3 rings (SSSR count). The lowest BCUT2D eigenvalue weighted by molar-refractivity contribution is -0.385. The van der Waals surface area contributed by atoms with E-state index >= 15 is 0 Å². The monoisotopic (exact) mass is 382 g/mol. The van der Waals surface area contributed by atoms with Gasteiger partial charge in [0.05, 0.1) is 4.92 Å². The van der Waals surface area contributed by atoms with Crippen molar-refractivity contribution in [1.82, 2.24) is 5.32 Å². The molecule has 2 aromatic carbocycles. The number of rotatable bonds is 5. The Bertz CT molecular complexity index is 1040. The number of likely N-dealkylation sites (N-methyl/N-ethyl adjacent to an activating group) is 1. The Labute approximate surface area is 158 Å². The summed E-state index contributed by atoms with van der Waals surface area (Å²) in [6, 6.07) is 8.19. The first-order chi connectivity index (χ1) is 13.4. The quantitative estimate of drug-likeness (QED) is 0.403. The fourth-order valence-corrected chi connectivity index (χ4v) is 2.98. The van der Waals surface area contributed by atoms with Crippen molar-refractivity contribution in [2.24, 2.45) is 0 Å². The molecule has 0 bridgehead atoms. The van der Waals surface area contributed by atoms with Gasteiger partial charge in [0, 0.05) is 23.2 Å². The second-order valence-corrected chi connectivity index (χ2v) is 5.87. The third-order valence-corrected chi connectivity index (χ3v) is 4.18. The lowest BCUT2D eigenvalue weighted by Gasteiger charge is -2.18. The highest BCUT2D eigenvalue weighted by Gasteiger charge is 2.39. The molecule has 1 N–H and O–H groups in total. The summed E-state index contributed by atoms with van der Waals surface area (Å²) >= 11 is 0. The van der Waals surface area contributed by atoms with Gasteiger partial charge >= 0.3 is 5.97 Å². The number of fused-ring (bicyclic) bond motifs is 2. The molecule has 2 aromatic rings. The van der Waals surface area contributed by atoms with E-state index in [-0.39, 0.29) is 16.7 Å². The summed E-state index contributed by atoms with van der Waals surface area (Å²) in [6.07, 6.45) is 0. The summed E-state index contributed by atoms with van der Waals surface area (Å²) in [5.74, 6) is -2.98. The average Bonchev–Trinajstić information content (AvgIpc) is 2.69. The van der Waals surface area contributed by atoms with Gasteiger partial charge < -0.3 is 10.1 Å². The Hall–Kier alpha value is -3.88. The molecule has 1 amide bonds. The number of nitro benzene ring substituents is 1.